The summed E-state index contributed by atoms with van der Waals surface area (Å²) in [5, 5.41) is 4.36. The zero-order valence-electron chi connectivity index (χ0n) is 13.3. The van der Waals surface area contributed by atoms with E-state index in [-0.39, 0.29) is 18.9 Å². The van der Waals surface area contributed by atoms with Crippen molar-refractivity contribution in [2.45, 2.75) is 18.1 Å². The Balaban J connectivity index is 1.60. The van der Waals surface area contributed by atoms with Gasteiger partial charge in [0.05, 0.1) is 0 Å². The summed E-state index contributed by atoms with van der Waals surface area (Å²) in [7, 11) is -3.65. The predicted molar refractivity (Wildman–Crippen MR) is 93.7 cm³/mol. The first-order valence-corrected chi connectivity index (χ1v) is 9.48. The lowest BCUT2D eigenvalue weighted by Crippen LogP contribution is -2.33. The second-order valence-electron chi connectivity index (χ2n) is 6.07. The van der Waals surface area contributed by atoms with Crippen LogP contribution in [0.5, 0.6) is 0 Å². The zero-order chi connectivity index (χ0) is 17.2. The molecule has 6 heteroatoms. The first-order valence-electron chi connectivity index (χ1n) is 7.87. The van der Waals surface area contributed by atoms with Crippen LogP contribution < -0.4 is 5.14 Å². The largest absolute Gasteiger partial charge is 0.341 e. The lowest BCUT2D eigenvalue weighted by molar-refractivity contribution is -0.127. The molecular weight excluding hydrogens is 324 g/mol. The Kier molecular flexibility index (Phi) is 4.69. The summed E-state index contributed by atoms with van der Waals surface area (Å²) < 4.78 is 22.7. The number of nitrogens with two attached hydrogens (primary N) is 1. The molecule has 24 heavy (non-hydrogen) atoms. The average molecular weight is 344 g/mol. The third-order valence-electron chi connectivity index (χ3n) is 4.38. The molecule has 5 nitrogen and oxygen atoms in total. The molecule has 0 aromatic heterocycles. The molecule has 0 spiro atoms. The minimum atomic E-state index is -3.65. The van der Waals surface area contributed by atoms with Crippen molar-refractivity contribution >= 4 is 15.9 Å². The number of hydrogen-bond donors (Lipinski definition) is 1. The highest BCUT2D eigenvalue weighted by atomic mass is 32.2. The number of nitrogens with zero attached hydrogens (tertiary/aromatic N) is 1. The van der Waals surface area contributed by atoms with Crippen LogP contribution in [0.4, 0.5) is 0 Å². The van der Waals surface area contributed by atoms with Crippen molar-refractivity contribution in [3.8, 4) is 11.1 Å². The standard InChI is InChI=1S/C18H20N2O3S/c19-24(22,23)17-12-18(21)20(13-17)11-10-14-6-8-16(9-7-14)15-4-2-1-3-5-15/h1-9,17H,10-13H2,(H2,19,22,23). The second kappa shape index (κ2) is 6.75. The molecule has 1 heterocycles. The molecule has 1 aliphatic rings. The SMILES string of the molecule is NS(=O)(=O)C1CC(=O)N(CCc2ccc(-c3ccccc3)cc2)C1. The minimum Gasteiger partial charge on any atom is -0.341 e. The number of hydrogen-bond acceptors (Lipinski definition) is 3. The smallest absolute Gasteiger partial charge is 0.224 e. The van der Waals surface area contributed by atoms with Crippen LogP contribution in [0, 0.1) is 0 Å². The van der Waals surface area contributed by atoms with Gasteiger partial charge in [0, 0.05) is 19.5 Å². The van der Waals surface area contributed by atoms with Gasteiger partial charge in [0.1, 0.15) is 5.25 Å². The number of primary sulfonamides is 1. The van der Waals surface area contributed by atoms with E-state index in [1.54, 1.807) is 4.90 Å². The first-order chi connectivity index (χ1) is 11.4. The van der Waals surface area contributed by atoms with Crippen LogP contribution in [0.25, 0.3) is 11.1 Å². The fourth-order valence-corrected chi connectivity index (χ4v) is 3.69. The highest BCUT2D eigenvalue weighted by Gasteiger charge is 2.35. The van der Waals surface area contributed by atoms with E-state index in [9.17, 15) is 13.2 Å². The molecule has 3 rings (SSSR count). The molecule has 1 amide bonds. The van der Waals surface area contributed by atoms with E-state index < -0.39 is 15.3 Å². The van der Waals surface area contributed by atoms with E-state index in [1.807, 2.05) is 30.3 Å². The summed E-state index contributed by atoms with van der Waals surface area (Å²) in [6.07, 6.45) is 0.684. The maximum atomic E-state index is 11.9. The molecule has 0 radical (unpaired) electrons. The quantitative estimate of drug-likeness (QED) is 0.898. The van der Waals surface area contributed by atoms with Crippen LogP contribution in [0.15, 0.2) is 54.6 Å². The van der Waals surface area contributed by atoms with Crippen molar-refractivity contribution in [1.82, 2.24) is 4.90 Å². The Morgan fingerprint density at radius 2 is 1.62 bits per heavy atom. The summed E-state index contributed by atoms with van der Waals surface area (Å²) in [6.45, 7) is 0.704. The molecule has 1 atom stereocenters. The van der Waals surface area contributed by atoms with E-state index in [2.05, 4.69) is 24.3 Å². The highest BCUT2D eigenvalue weighted by molar-refractivity contribution is 7.89. The molecular formula is C18H20N2O3S. The summed E-state index contributed by atoms with van der Waals surface area (Å²) in [6, 6.07) is 18.3. The Morgan fingerprint density at radius 1 is 1.00 bits per heavy atom. The van der Waals surface area contributed by atoms with Crippen LogP contribution in [0.3, 0.4) is 0 Å². The number of amides is 1. The van der Waals surface area contributed by atoms with Crippen molar-refractivity contribution < 1.29 is 13.2 Å². The highest BCUT2D eigenvalue weighted by Crippen LogP contribution is 2.20. The van der Waals surface area contributed by atoms with Gasteiger partial charge in [0.15, 0.2) is 0 Å². The molecule has 2 aromatic carbocycles. The van der Waals surface area contributed by atoms with E-state index in [0.717, 1.165) is 16.7 Å². The molecule has 0 bridgehead atoms. The fourth-order valence-electron chi connectivity index (χ4n) is 2.93. The Hall–Kier alpha value is -2.18. The Bertz CT molecular complexity index is 817. The normalized spacial score (nSPS) is 18.1. The van der Waals surface area contributed by atoms with Crippen molar-refractivity contribution in [3.05, 3.63) is 60.2 Å². The van der Waals surface area contributed by atoms with Crippen LogP contribution >= 0.6 is 0 Å². The molecule has 2 N–H and O–H groups in total. The fraction of sp³-hybridized carbons (Fsp3) is 0.278. The molecule has 1 fully saturated rings. The summed E-state index contributed by atoms with van der Waals surface area (Å²) in [4.78, 5) is 13.5. The van der Waals surface area contributed by atoms with Crippen molar-refractivity contribution in [1.29, 1.82) is 0 Å². The molecule has 0 aliphatic carbocycles. The van der Waals surface area contributed by atoms with Gasteiger partial charge >= 0.3 is 0 Å². The van der Waals surface area contributed by atoms with Gasteiger partial charge in [-0.15, -0.1) is 0 Å². The summed E-state index contributed by atoms with van der Waals surface area (Å²) in [5.74, 6) is -0.144. The van der Waals surface area contributed by atoms with Crippen LogP contribution in [-0.4, -0.2) is 37.6 Å². The summed E-state index contributed by atoms with van der Waals surface area (Å²) in [5.41, 5.74) is 3.42. The summed E-state index contributed by atoms with van der Waals surface area (Å²) >= 11 is 0. The third kappa shape index (κ3) is 3.83. The van der Waals surface area contributed by atoms with Crippen molar-refractivity contribution in [3.63, 3.8) is 0 Å². The molecule has 2 aromatic rings. The van der Waals surface area contributed by atoms with Crippen molar-refractivity contribution in [2.24, 2.45) is 5.14 Å². The minimum absolute atomic E-state index is 0.00816. The molecule has 126 valence electrons. The Labute approximate surface area is 142 Å². The number of rotatable bonds is 5. The maximum Gasteiger partial charge on any atom is 0.224 e. The van der Waals surface area contributed by atoms with Crippen LogP contribution in [0.1, 0.15) is 12.0 Å². The predicted octanol–water partition coefficient (Wildman–Crippen LogP) is 1.79. The van der Waals surface area contributed by atoms with E-state index in [0.29, 0.717) is 13.0 Å². The second-order valence-corrected chi connectivity index (χ2v) is 7.91. The van der Waals surface area contributed by atoms with E-state index >= 15 is 0 Å². The lowest BCUT2D eigenvalue weighted by atomic mass is 10.0. The van der Waals surface area contributed by atoms with Crippen molar-refractivity contribution in [2.75, 3.05) is 13.1 Å². The van der Waals surface area contributed by atoms with Gasteiger partial charge in [-0.05, 0) is 23.1 Å². The first kappa shape index (κ1) is 16.7. The molecule has 1 unspecified atom stereocenters. The third-order valence-corrected chi connectivity index (χ3v) is 5.62. The Morgan fingerprint density at radius 3 is 2.21 bits per heavy atom. The number of carbonyl (C=O) groups is 1. The molecule has 1 aliphatic heterocycles. The number of sulfonamides is 1. The lowest BCUT2D eigenvalue weighted by Gasteiger charge is -2.16. The number of benzene rings is 2. The van der Waals surface area contributed by atoms with Gasteiger partial charge in [0.2, 0.25) is 15.9 Å². The van der Waals surface area contributed by atoms with E-state index in [1.165, 1.54) is 0 Å². The average Bonchev–Trinajstić information content (AvgIpc) is 2.95. The maximum absolute atomic E-state index is 11.9. The van der Waals surface area contributed by atoms with Gasteiger partial charge < -0.3 is 4.90 Å². The van der Waals surface area contributed by atoms with Gasteiger partial charge in [-0.25, -0.2) is 13.6 Å². The van der Waals surface area contributed by atoms with E-state index in [4.69, 9.17) is 5.14 Å². The van der Waals surface area contributed by atoms with Crippen LogP contribution in [0.2, 0.25) is 0 Å². The monoisotopic (exact) mass is 344 g/mol. The van der Waals surface area contributed by atoms with Gasteiger partial charge in [0.25, 0.3) is 0 Å². The molecule has 0 saturated carbocycles. The van der Waals surface area contributed by atoms with Gasteiger partial charge in [-0.1, -0.05) is 54.6 Å². The molecule has 1 saturated heterocycles. The van der Waals surface area contributed by atoms with Gasteiger partial charge in [-0.3, -0.25) is 4.79 Å². The topological polar surface area (TPSA) is 80.5 Å². The zero-order valence-corrected chi connectivity index (χ0v) is 14.1. The number of carbonyl (C=O) groups excluding carboxylic acids is 1. The van der Waals surface area contributed by atoms with Crippen LogP contribution in [-0.2, 0) is 21.2 Å². The van der Waals surface area contributed by atoms with Gasteiger partial charge in [-0.2, -0.15) is 0 Å². The number of likely N-dealkylation sites (tertiary alicyclic amines) is 1.